The molecule has 3 aromatic rings. The van der Waals surface area contributed by atoms with E-state index >= 15 is 0 Å². The zero-order chi connectivity index (χ0) is 22.3. The number of aryl methyl sites for hydroxylation is 2. The van der Waals surface area contributed by atoms with Crippen molar-refractivity contribution >= 4 is 11.8 Å². The predicted molar refractivity (Wildman–Crippen MR) is 121 cm³/mol. The number of nitrogens with zero attached hydrogens (tertiary/aromatic N) is 4. The van der Waals surface area contributed by atoms with Crippen LogP contribution in [0.4, 0.5) is 0 Å². The molecule has 0 atom stereocenters. The van der Waals surface area contributed by atoms with Crippen molar-refractivity contribution in [3.8, 4) is 5.75 Å². The second-order valence-electron chi connectivity index (χ2n) is 7.97. The second kappa shape index (κ2) is 10.1. The maximum Gasteiger partial charge on any atom is 0.253 e. The number of rotatable bonds is 7. The van der Waals surface area contributed by atoms with E-state index in [0.717, 1.165) is 17.0 Å². The molecule has 7 heteroatoms. The zero-order valence-corrected chi connectivity index (χ0v) is 18.3. The summed E-state index contributed by atoms with van der Waals surface area (Å²) in [6, 6.07) is 17.2. The van der Waals surface area contributed by atoms with Gasteiger partial charge in [0.2, 0.25) is 5.91 Å². The molecular formula is C25H28N4O3. The summed E-state index contributed by atoms with van der Waals surface area (Å²) in [5, 5.41) is 0. The highest BCUT2D eigenvalue weighted by Crippen LogP contribution is 2.17. The monoisotopic (exact) mass is 432 g/mol. The number of ether oxygens (including phenoxy) is 1. The van der Waals surface area contributed by atoms with Crippen LogP contribution in [0.3, 0.4) is 0 Å². The molecule has 0 spiro atoms. The lowest BCUT2D eigenvalue weighted by molar-refractivity contribution is -0.132. The third-order valence-corrected chi connectivity index (χ3v) is 5.78. The van der Waals surface area contributed by atoms with Gasteiger partial charge in [0.15, 0.2) is 0 Å². The van der Waals surface area contributed by atoms with Crippen LogP contribution in [0.15, 0.2) is 67.1 Å². The van der Waals surface area contributed by atoms with Gasteiger partial charge in [-0.3, -0.25) is 9.59 Å². The number of carbonyl (C=O) groups excluding carboxylic acids is 2. The lowest BCUT2D eigenvalue weighted by Crippen LogP contribution is -2.50. The Morgan fingerprint density at radius 3 is 2.28 bits per heavy atom. The number of imidazole rings is 1. The number of aromatic nitrogens is 2. The zero-order valence-electron chi connectivity index (χ0n) is 18.3. The second-order valence-corrected chi connectivity index (χ2v) is 7.97. The van der Waals surface area contributed by atoms with E-state index < -0.39 is 0 Å². The summed E-state index contributed by atoms with van der Waals surface area (Å²) >= 11 is 0. The lowest BCUT2D eigenvalue weighted by atomic mass is 10.1. The van der Waals surface area contributed by atoms with Gasteiger partial charge in [0.05, 0.1) is 6.33 Å². The van der Waals surface area contributed by atoms with Gasteiger partial charge in [0.25, 0.3) is 5.91 Å². The third kappa shape index (κ3) is 5.35. The van der Waals surface area contributed by atoms with E-state index in [1.165, 1.54) is 0 Å². The molecule has 0 radical (unpaired) electrons. The Kier molecular flexibility index (Phi) is 6.84. The van der Waals surface area contributed by atoms with Crippen molar-refractivity contribution in [2.24, 2.45) is 7.05 Å². The molecule has 0 saturated carbocycles. The average molecular weight is 433 g/mol. The summed E-state index contributed by atoms with van der Waals surface area (Å²) in [5.74, 6) is 0.842. The molecule has 2 heterocycles. The van der Waals surface area contributed by atoms with Crippen LogP contribution in [0, 0.1) is 0 Å². The van der Waals surface area contributed by atoms with Gasteiger partial charge >= 0.3 is 0 Å². The Morgan fingerprint density at radius 2 is 1.62 bits per heavy atom. The van der Waals surface area contributed by atoms with Crippen molar-refractivity contribution in [1.82, 2.24) is 19.4 Å². The number of hydrogen-bond donors (Lipinski definition) is 0. The maximum atomic E-state index is 12.9. The minimum Gasteiger partial charge on any atom is -0.489 e. The van der Waals surface area contributed by atoms with E-state index in [0.29, 0.717) is 51.2 Å². The van der Waals surface area contributed by atoms with E-state index in [1.807, 2.05) is 63.9 Å². The summed E-state index contributed by atoms with van der Waals surface area (Å²) in [5.41, 5.74) is 2.77. The smallest absolute Gasteiger partial charge is 0.253 e. The molecule has 7 nitrogen and oxygen atoms in total. The topological polar surface area (TPSA) is 67.7 Å². The lowest BCUT2D eigenvalue weighted by Gasteiger charge is -2.35. The maximum absolute atomic E-state index is 12.9. The standard InChI is InChI=1S/C25H28N4O3/c1-27-19-26-17-22(27)9-12-24(30)28-13-15-29(16-14-28)25(31)21-7-10-23(11-8-21)32-18-20-5-3-2-4-6-20/h2-8,10-11,17,19H,9,12-16,18H2,1H3. The number of hydrogen-bond acceptors (Lipinski definition) is 4. The molecule has 0 aliphatic carbocycles. The number of benzene rings is 2. The molecule has 1 aliphatic rings. The van der Waals surface area contributed by atoms with Crippen LogP contribution < -0.4 is 4.74 Å². The molecule has 1 fully saturated rings. The molecule has 0 bridgehead atoms. The molecule has 4 rings (SSSR count). The van der Waals surface area contributed by atoms with Gasteiger partial charge in [-0.15, -0.1) is 0 Å². The van der Waals surface area contributed by atoms with Crippen LogP contribution in [0.5, 0.6) is 5.75 Å². The first-order valence-electron chi connectivity index (χ1n) is 10.9. The van der Waals surface area contributed by atoms with Gasteiger partial charge in [-0.2, -0.15) is 0 Å². The summed E-state index contributed by atoms with van der Waals surface area (Å²) in [6.07, 6.45) is 4.67. The highest BCUT2D eigenvalue weighted by atomic mass is 16.5. The first-order valence-corrected chi connectivity index (χ1v) is 10.9. The summed E-state index contributed by atoms with van der Waals surface area (Å²) < 4.78 is 7.73. The fraction of sp³-hybridized carbons (Fsp3) is 0.320. The minimum atomic E-state index is -0.0124. The van der Waals surface area contributed by atoms with Gasteiger partial charge in [-0.05, 0) is 36.2 Å². The summed E-state index contributed by atoms with van der Waals surface area (Å²) in [6.45, 7) is 2.71. The highest BCUT2D eigenvalue weighted by Gasteiger charge is 2.24. The Bertz CT molecular complexity index is 1040. The van der Waals surface area contributed by atoms with Crippen LogP contribution in [0.25, 0.3) is 0 Å². The SMILES string of the molecule is Cn1cncc1CCC(=O)N1CCN(C(=O)c2ccc(OCc3ccccc3)cc2)CC1. The van der Waals surface area contributed by atoms with Gasteiger partial charge in [0, 0.05) is 57.1 Å². The van der Waals surface area contributed by atoms with Crippen molar-refractivity contribution in [3.05, 3.63) is 83.9 Å². The van der Waals surface area contributed by atoms with Crippen molar-refractivity contribution in [2.45, 2.75) is 19.4 Å². The largest absolute Gasteiger partial charge is 0.489 e. The van der Waals surface area contributed by atoms with Crippen molar-refractivity contribution in [2.75, 3.05) is 26.2 Å². The molecule has 0 unspecified atom stereocenters. The molecule has 2 amide bonds. The quantitative estimate of drug-likeness (QED) is 0.576. The molecule has 1 aromatic heterocycles. The number of amides is 2. The molecule has 166 valence electrons. The Labute approximate surface area is 188 Å². The average Bonchev–Trinajstić information content (AvgIpc) is 3.26. The van der Waals surface area contributed by atoms with Gasteiger partial charge < -0.3 is 19.1 Å². The van der Waals surface area contributed by atoms with E-state index in [4.69, 9.17) is 4.74 Å². The number of piperazine rings is 1. The fourth-order valence-corrected chi connectivity index (χ4v) is 3.79. The van der Waals surface area contributed by atoms with Crippen molar-refractivity contribution in [3.63, 3.8) is 0 Å². The molecule has 1 saturated heterocycles. The van der Waals surface area contributed by atoms with Crippen LogP contribution in [0.1, 0.15) is 28.0 Å². The van der Waals surface area contributed by atoms with Crippen LogP contribution in [0.2, 0.25) is 0 Å². The highest BCUT2D eigenvalue weighted by molar-refractivity contribution is 5.94. The van der Waals surface area contributed by atoms with E-state index in [-0.39, 0.29) is 11.8 Å². The van der Waals surface area contributed by atoms with Crippen LogP contribution in [-0.2, 0) is 24.9 Å². The summed E-state index contributed by atoms with van der Waals surface area (Å²) in [7, 11) is 1.93. The molecule has 0 N–H and O–H groups in total. The predicted octanol–water partition coefficient (Wildman–Crippen LogP) is 2.92. The first-order chi connectivity index (χ1) is 15.6. The minimum absolute atomic E-state index is 0.0124. The normalized spacial score (nSPS) is 13.8. The van der Waals surface area contributed by atoms with Crippen molar-refractivity contribution < 1.29 is 14.3 Å². The number of carbonyl (C=O) groups is 2. The van der Waals surface area contributed by atoms with Crippen LogP contribution >= 0.6 is 0 Å². The molecule has 32 heavy (non-hydrogen) atoms. The summed E-state index contributed by atoms with van der Waals surface area (Å²) in [4.78, 5) is 33.1. The van der Waals surface area contributed by atoms with Crippen molar-refractivity contribution in [1.29, 1.82) is 0 Å². The van der Waals surface area contributed by atoms with E-state index in [1.54, 1.807) is 24.7 Å². The Hall–Kier alpha value is -3.61. The molecule has 2 aromatic carbocycles. The Morgan fingerprint density at radius 1 is 0.938 bits per heavy atom. The van der Waals surface area contributed by atoms with Gasteiger partial charge in [0.1, 0.15) is 12.4 Å². The molecule has 1 aliphatic heterocycles. The first kappa shape index (κ1) is 21.6. The van der Waals surface area contributed by atoms with E-state index in [9.17, 15) is 9.59 Å². The van der Waals surface area contributed by atoms with Crippen LogP contribution in [-0.4, -0.2) is 57.3 Å². The fourth-order valence-electron chi connectivity index (χ4n) is 3.79. The Balaban J connectivity index is 1.24. The van der Waals surface area contributed by atoms with Gasteiger partial charge in [-0.1, -0.05) is 30.3 Å². The van der Waals surface area contributed by atoms with E-state index in [2.05, 4.69) is 4.98 Å². The molecular weight excluding hydrogens is 404 g/mol. The third-order valence-electron chi connectivity index (χ3n) is 5.78. The van der Waals surface area contributed by atoms with Gasteiger partial charge in [-0.25, -0.2) is 4.98 Å².